The Balaban J connectivity index is 2.00. The lowest BCUT2D eigenvalue weighted by Crippen LogP contribution is -2.37. The standard InChI is InChI=1S/C14H20N2O2/c1-11-5-3-4-6-13(11)16-8-7-12(9-16)15(2)10-14(17)18/h3-6,12H,7-10H2,1-2H3,(H,17,18). The van der Waals surface area contributed by atoms with E-state index in [0.717, 1.165) is 19.5 Å². The van der Waals surface area contributed by atoms with E-state index in [1.807, 2.05) is 18.0 Å². The van der Waals surface area contributed by atoms with Crippen molar-refractivity contribution < 1.29 is 9.90 Å². The van der Waals surface area contributed by atoms with E-state index in [2.05, 4.69) is 30.0 Å². The summed E-state index contributed by atoms with van der Waals surface area (Å²) in [5, 5.41) is 8.82. The van der Waals surface area contributed by atoms with Crippen molar-refractivity contribution in [3.63, 3.8) is 0 Å². The maximum atomic E-state index is 10.7. The van der Waals surface area contributed by atoms with Gasteiger partial charge in [-0.1, -0.05) is 18.2 Å². The summed E-state index contributed by atoms with van der Waals surface area (Å²) in [6.07, 6.45) is 1.03. The highest BCUT2D eigenvalue weighted by Crippen LogP contribution is 2.25. The number of aryl methyl sites for hydroxylation is 1. The van der Waals surface area contributed by atoms with Gasteiger partial charge in [0.25, 0.3) is 0 Å². The number of hydrogen-bond acceptors (Lipinski definition) is 3. The summed E-state index contributed by atoms with van der Waals surface area (Å²) in [5.74, 6) is -0.758. The molecule has 0 aliphatic carbocycles. The van der Waals surface area contributed by atoms with Gasteiger partial charge in [0.2, 0.25) is 0 Å². The molecule has 4 nitrogen and oxygen atoms in total. The summed E-state index contributed by atoms with van der Waals surface area (Å²) in [6, 6.07) is 8.68. The predicted octanol–water partition coefficient (Wildman–Crippen LogP) is 1.59. The predicted molar refractivity (Wildman–Crippen MR) is 72.1 cm³/mol. The van der Waals surface area contributed by atoms with Gasteiger partial charge in [0.05, 0.1) is 6.54 Å². The van der Waals surface area contributed by atoms with Gasteiger partial charge in [0.15, 0.2) is 0 Å². The summed E-state index contributed by atoms with van der Waals surface area (Å²) in [4.78, 5) is 15.0. The number of carbonyl (C=O) groups is 1. The molecule has 1 aromatic carbocycles. The highest BCUT2D eigenvalue weighted by molar-refractivity contribution is 5.69. The molecule has 1 N–H and O–H groups in total. The molecule has 1 fully saturated rings. The Morgan fingerprint density at radius 1 is 1.50 bits per heavy atom. The average molecular weight is 248 g/mol. The van der Waals surface area contributed by atoms with E-state index in [-0.39, 0.29) is 6.54 Å². The second-order valence-corrected chi connectivity index (χ2v) is 4.98. The second kappa shape index (κ2) is 5.40. The third-order valence-corrected chi connectivity index (χ3v) is 3.63. The highest BCUT2D eigenvalue weighted by atomic mass is 16.4. The minimum absolute atomic E-state index is 0.117. The minimum atomic E-state index is -0.758. The number of aliphatic carboxylic acids is 1. The molecule has 1 unspecified atom stereocenters. The number of nitrogens with zero attached hydrogens (tertiary/aromatic N) is 2. The van der Waals surface area contributed by atoms with Crippen LogP contribution >= 0.6 is 0 Å². The molecule has 1 aliphatic heterocycles. The third-order valence-electron chi connectivity index (χ3n) is 3.63. The monoisotopic (exact) mass is 248 g/mol. The summed E-state index contributed by atoms with van der Waals surface area (Å²) in [7, 11) is 1.89. The van der Waals surface area contributed by atoms with Crippen molar-refractivity contribution in [3.05, 3.63) is 29.8 Å². The molecule has 1 aliphatic rings. The zero-order valence-electron chi connectivity index (χ0n) is 11.0. The number of carboxylic acids is 1. The molecule has 1 aromatic rings. The van der Waals surface area contributed by atoms with Gasteiger partial charge >= 0.3 is 5.97 Å². The Labute approximate surface area is 108 Å². The van der Waals surface area contributed by atoms with Crippen LogP contribution in [0.25, 0.3) is 0 Å². The van der Waals surface area contributed by atoms with E-state index < -0.39 is 5.97 Å². The quantitative estimate of drug-likeness (QED) is 0.879. The van der Waals surface area contributed by atoms with Gasteiger partial charge in [-0.2, -0.15) is 0 Å². The van der Waals surface area contributed by atoms with Crippen LogP contribution in [0.3, 0.4) is 0 Å². The van der Waals surface area contributed by atoms with Crippen LogP contribution in [0, 0.1) is 6.92 Å². The zero-order valence-corrected chi connectivity index (χ0v) is 11.0. The molecule has 0 amide bonds. The van der Waals surface area contributed by atoms with Crippen LogP contribution < -0.4 is 4.90 Å². The van der Waals surface area contributed by atoms with Crippen molar-refractivity contribution in [3.8, 4) is 0 Å². The fraction of sp³-hybridized carbons (Fsp3) is 0.500. The van der Waals surface area contributed by atoms with Crippen LogP contribution in [0.4, 0.5) is 5.69 Å². The molecule has 4 heteroatoms. The van der Waals surface area contributed by atoms with Crippen molar-refractivity contribution in [2.75, 3.05) is 31.6 Å². The van der Waals surface area contributed by atoms with Gasteiger partial charge in [-0.25, -0.2) is 0 Å². The summed E-state index contributed by atoms with van der Waals surface area (Å²) in [6.45, 7) is 4.14. The first-order valence-electron chi connectivity index (χ1n) is 6.30. The number of hydrogen-bond donors (Lipinski definition) is 1. The maximum Gasteiger partial charge on any atom is 0.317 e. The molecule has 2 rings (SSSR count). The Morgan fingerprint density at radius 3 is 2.89 bits per heavy atom. The maximum absolute atomic E-state index is 10.7. The Kier molecular flexibility index (Phi) is 3.87. The van der Waals surface area contributed by atoms with Crippen LogP contribution in [-0.2, 0) is 4.79 Å². The van der Waals surface area contributed by atoms with Crippen LogP contribution in [0.5, 0.6) is 0 Å². The lowest BCUT2D eigenvalue weighted by atomic mass is 10.2. The molecule has 0 radical (unpaired) electrons. The Bertz CT molecular complexity index is 434. The number of rotatable bonds is 4. The number of likely N-dealkylation sites (N-methyl/N-ethyl adjacent to an activating group) is 1. The third kappa shape index (κ3) is 2.82. The summed E-state index contributed by atoms with van der Waals surface area (Å²) < 4.78 is 0. The number of anilines is 1. The molecular formula is C14H20N2O2. The topological polar surface area (TPSA) is 43.8 Å². The molecule has 0 bridgehead atoms. The molecule has 1 atom stereocenters. The van der Waals surface area contributed by atoms with E-state index >= 15 is 0 Å². The van der Waals surface area contributed by atoms with E-state index in [0.29, 0.717) is 6.04 Å². The molecular weight excluding hydrogens is 228 g/mol. The molecule has 1 heterocycles. The van der Waals surface area contributed by atoms with Crippen LogP contribution in [-0.4, -0.2) is 48.7 Å². The number of benzene rings is 1. The van der Waals surface area contributed by atoms with Crippen molar-refractivity contribution in [2.45, 2.75) is 19.4 Å². The Hall–Kier alpha value is -1.55. The minimum Gasteiger partial charge on any atom is -0.480 e. The van der Waals surface area contributed by atoms with Crippen molar-refractivity contribution in [2.24, 2.45) is 0 Å². The first-order valence-corrected chi connectivity index (χ1v) is 6.30. The number of carboxylic acid groups (broad SMARTS) is 1. The van der Waals surface area contributed by atoms with Crippen LogP contribution in [0.15, 0.2) is 24.3 Å². The van der Waals surface area contributed by atoms with Gasteiger partial charge in [-0.15, -0.1) is 0 Å². The fourth-order valence-electron chi connectivity index (χ4n) is 2.58. The molecule has 0 saturated carbocycles. The van der Waals surface area contributed by atoms with E-state index in [9.17, 15) is 4.79 Å². The van der Waals surface area contributed by atoms with Crippen molar-refractivity contribution >= 4 is 11.7 Å². The van der Waals surface area contributed by atoms with E-state index in [4.69, 9.17) is 5.11 Å². The molecule has 1 saturated heterocycles. The average Bonchev–Trinajstić information content (AvgIpc) is 2.78. The van der Waals surface area contributed by atoms with E-state index in [1.165, 1.54) is 11.3 Å². The highest BCUT2D eigenvalue weighted by Gasteiger charge is 2.27. The summed E-state index contributed by atoms with van der Waals surface area (Å²) >= 11 is 0. The van der Waals surface area contributed by atoms with Crippen molar-refractivity contribution in [1.29, 1.82) is 0 Å². The SMILES string of the molecule is Cc1ccccc1N1CCC(N(C)CC(=O)O)C1. The van der Waals surface area contributed by atoms with Gasteiger partial charge in [-0.05, 0) is 32.0 Å². The van der Waals surface area contributed by atoms with Gasteiger partial charge in [0, 0.05) is 24.8 Å². The second-order valence-electron chi connectivity index (χ2n) is 4.98. The lowest BCUT2D eigenvalue weighted by molar-refractivity contribution is -0.138. The van der Waals surface area contributed by atoms with Gasteiger partial charge in [-0.3, -0.25) is 9.69 Å². The first-order chi connectivity index (χ1) is 8.58. The number of para-hydroxylation sites is 1. The molecule has 98 valence electrons. The largest absolute Gasteiger partial charge is 0.480 e. The van der Waals surface area contributed by atoms with Gasteiger partial charge < -0.3 is 10.0 Å². The zero-order chi connectivity index (χ0) is 13.1. The van der Waals surface area contributed by atoms with Crippen molar-refractivity contribution in [1.82, 2.24) is 4.90 Å². The Morgan fingerprint density at radius 2 is 2.22 bits per heavy atom. The van der Waals surface area contributed by atoms with E-state index in [1.54, 1.807) is 0 Å². The van der Waals surface area contributed by atoms with Gasteiger partial charge in [0.1, 0.15) is 0 Å². The molecule has 18 heavy (non-hydrogen) atoms. The van der Waals surface area contributed by atoms with Crippen LogP contribution in [0.1, 0.15) is 12.0 Å². The summed E-state index contributed by atoms with van der Waals surface area (Å²) in [5.41, 5.74) is 2.54. The van der Waals surface area contributed by atoms with Crippen LogP contribution in [0.2, 0.25) is 0 Å². The smallest absolute Gasteiger partial charge is 0.317 e. The molecule has 0 aromatic heterocycles. The fourth-order valence-corrected chi connectivity index (χ4v) is 2.58. The first kappa shape index (κ1) is 12.9. The molecule has 0 spiro atoms. The lowest BCUT2D eigenvalue weighted by Gasteiger charge is -2.24. The normalized spacial score (nSPS) is 19.5.